The Labute approximate surface area is 227 Å². The number of anilines is 2. The molecular formula is C29H31N3O6S. The molecule has 0 unspecified atom stereocenters. The van der Waals surface area contributed by atoms with Crippen molar-refractivity contribution < 1.29 is 27.5 Å². The Hall–Kier alpha value is -4.15. The molecule has 3 aromatic carbocycles. The summed E-state index contributed by atoms with van der Waals surface area (Å²) in [5.74, 6) is -1.76. The number of carbonyl (C=O) groups excluding carboxylic acids is 1. The van der Waals surface area contributed by atoms with Crippen LogP contribution in [0.4, 0.5) is 11.4 Å². The van der Waals surface area contributed by atoms with E-state index in [4.69, 9.17) is 4.42 Å². The molecule has 1 amide bonds. The summed E-state index contributed by atoms with van der Waals surface area (Å²) in [5.41, 5.74) is 4.51. The maximum absolute atomic E-state index is 13.0. The van der Waals surface area contributed by atoms with Crippen molar-refractivity contribution in [3.63, 3.8) is 0 Å². The molecule has 4 rings (SSSR count). The number of nitrogens with zero attached hydrogens (tertiary/aromatic N) is 1. The first kappa shape index (κ1) is 27.9. The molecule has 0 fully saturated rings. The first-order chi connectivity index (χ1) is 18.4. The van der Waals surface area contributed by atoms with Gasteiger partial charge in [-0.2, -0.15) is 4.72 Å². The number of carbonyl (C=O) groups is 2. The number of nitrogens with one attached hydrogen (secondary N) is 2. The minimum Gasteiger partial charge on any atom is -0.480 e. The molecule has 0 aliphatic heterocycles. The monoisotopic (exact) mass is 549 g/mol. The second-order valence-corrected chi connectivity index (χ2v) is 11.6. The van der Waals surface area contributed by atoms with Crippen molar-refractivity contribution in [3.05, 3.63) is 78.1 Å². The number of hydrogen-bond acceptors (Lipinski definition) is 6. The van der Waals surface area contributed by atoms with Crippen LogP contribution in [-0.4, -0.2) is 45.5 Å². The normalized spacial score (nSPS) is 12.5. The van der Waals surface area contributed by atoms with Gasteiger partial charge in [0.1, 0.15) is 11.6 Å². The van der Waals surface area contributed by atoms with Crippen molar-refractivity contribution in [2.75, 3.05) is 24.3 Å². The Morgan fingerprint density at radius 2 is 1.51 bits per heavy atom. The van der Waals surface area contributed by atoms with E-state index in [-0.39, 0.29) is 16.6 Å². The van der Waals surface area contributed by atoms with E-state index in [0.29, 0.717) is 11.3 Å². The van der Waals surface area contributed by atoms with Crippen molar-refractivity contribution >= 4 is 44.2 Å². The van der Waals surface area contributed by atoms with Crippen molar-refractivity contribution in [1.82, 2.24) is 4.72 Å². The topological polar surface area (TPSA) is 129 Å². The maximum atomic E-state index is 13.0. The van der Waals surface area contributed by atoms with Gasteiger partial charge in [-0.25, -0.2) is 8.42 Å². The molecule has 204 valence electrons. The van der Waals surface area contributed by atoms with Crippen molar-refractivity contribution in [1.29, 1.82) is 0 Å². The Kier molecular flexibility index (Phi) is 7.80. The van der Waals surface area contributed by atoms with E-state index in [9.17, 15) is 23.1 Å². The summed E-state index contributed by atoms with van der Waals surface area (Å²) in [7, 11) is -0.130. The third kappa shape index (κ3) is 5.81. The maximum Gasteiger partial charge on any atom is 0.322 e. The average molecular weight is 550 g/mol. The molecule has 0 aliphatic carbocycles. The van der Waals surface area contributed by atoms with E-state index in [2.05, 4.69) is 10.0 Å². The van der Waals surface area contributed by atoms with Crippen LogP contribution in [-0.2, 0) is 14.8 Å². The Morgan fingerprint density at radius 3 is 2.05 bits per heavy atom. The number of furan rings is 1. The molecule has 1 atom stereocenters. The highest BCUT2D eigenvalue weighted by Gasteiger charge is 2.28. The van der Waals surface area contributed by atoms with Crippen LogP contribution in [0, 0.1) is 12.8 Å². The van der Waals surface area contributed by atoms with Gasteiger partial charge in [-0.3, -0.25) is 9.59 Å². The highest BCUT2D eigenvalue weighted by atomic mass is 32.2. The van der Waals surface area contributed by atoms with Crippen LogP contribution in [0.15, 0.2) is 76.0 Å². The first-order valence-electron chi connectivity index (χ1n) is 12.4. The van der Waals surface area contributed by atoms with Crippen LogP contribution in [0.5, 0.6) is 0 Å². The van der Waals surface area contributed by atoms with Crippen molar-refractivity contribution in [2.24, 2.45) is 5.92 Å². The van der Waals surface area contributed by atoms with E-state index in [1.807, 2.05) is 56.3 Å². The molecule has 0 bridgehead atoms. The SMILES string of the molecule is Cc1c(C(=O)Nc2ccc(-c3ccc(S(=O)(=O)N[C@H](C(=O)O)C(C)C)cc3)cc2)oc2cccc(N(C)C)c12. The third-order valence-electron chi connectivity index (χ3n) is 6.48. The summed E-state index contributed by atoms with van der Waals surface area (Å²) in [6.45, 7) is 5.13. The van der Waals surface area contributed by atoms with Gasteiger partial charge in [-0.05, 0) is 60.4 Å². The molecule has 10 heteroatoms. The number of rotatable bonds is 9. The minimum atomic E-state index is -4.01. The minimum absolute atomic E-state index is 0.0272. The number of carboxylic acid groups (broad SMARTS) is 1. The summed E-state index contributed by atoms with van der Waals surface area (Å²) >= 11 is 0. The number of benzene rings is 3. The molecule has 39 heavy (non-hydrogen) atoms. The molecule has 0 aliphatic rings. The Balaban J connectivity index is 1.49. The summed E-state index contributed by atoms with van der Waals surface area (Å²) < 4.78 is 33.5. The van der Waals surface area contributed by atoms with E-state index in [1.165, 1.54) is 12.1 Å². The van der Waals surface area contributed by atoms with E-state index >= 15 is 0 Å². The summed E-state index contributed by atoms with van der Waals surface area (Å²) in [6.07, 6.45) is 0. The second kappa shape index (κ2) is 10.9. The second-order valence-electron chi connectivity index (χ2n) is 9.84. The van der Waals surface area contributed by atoms with Gasteiger partial charge in [0.15, 0.2) is 5.76 Å². The summed E-state index contributed by atoms with van der Waals surface area (Å²) in [5, 5.41) is 13.1. The predicted molar refractivity (Wildman–Crippen MR) is 152 cm³/mol. The number of carboxylic acids is 1. The quantitative estimate of drug-likeness (QED) is 0.264. The number of hydrogen-bond donors (Lipinski definition) is 3. The Bertz CT molecular complexity index is 1620. The zero-order valence-corrected chi connectivity index (χ0v) is 23.2. The highest BCUT2D eigenvalue weighted by Crippen LogP contribution is 2.33. The summed E-state index contributed by atoms with van der Waals surface area (Å²) in [6, 6.07) is 17.8. The molecular weight excluding hydrogens is 518 g/mol. The van der Waals surface area contributed by atoms with Crippen LogP contribution in [0.25, 0.3) is 22.1 Å². The van der Waals surface area contributed by atoms with E-state index in [0.717, 1.165) is 27.8 Å². The van der Waals surface area contributed by atoms with Gasteiger partial charge in [0.05, 0.1) is 4.90 Å². The fourth-order valence-electron chi connectivity index (χ4n) is 4.34. The lowest BCUT2D eigenvalue weighted by molar-refractivity contribution is -0.140. The molecule has 0 saturated carbocycles. The zero-order valence-electron chi connectivity index (χ0n) is 22.3. The van der Waals surface area contributed by atoms with Gasteiger partial charge in [0.25, 0.3) is 5.91 Å². The zero-order chi connectivity index (χ0) is 28.5. The average Bonchev–Trinajstić information content (AvgIpc) is 3.24. The van der Waals surface area contributed by atoms with Gasteiger partial charge >= 0.3 is 5.97 Å². The lowest BCUT2D eigenvalue weighted by Crippen LogP contribution is -2.44. The fraction of sp³-hybridized carbons (Fsp3) is 0.241. The lowest BCUT2D eigenvalue weighted by Gasteiger charge is -2.18. The van der Waals surface area contributed by atoms with Gasteiger partial charge in [0.2, 0.25) is 10.0 Å². The smallest absolute Gasteiger partial charge is 0.322 e. The van der Waals surface area contributed by atoms with Crippen LogP contribution in [0.1, 0.15) is 30.0 Å². The number of amides is 1. The van der Waals surface area contributed by atoms with Crippen LogP contribution in [0.2, 0.25) is 0 Å². The van der Waals surface area contributed by atoms with Crippen molar-refractivity contribution in [2.45, 2.75) is 31.7 Å². The molecule has 0 saturated heterocycles. The molecule has 0 radical (unpaired) electrons. The number of sulfonamides is 1. The van der Waals surface area contributed by atoms with Crippen molar-refractivity contribution in [3.8, 4) is 11.1 Å². The predicted octanol–water partition coefficient (Wildman–Crippen LogP) is 5.11. The number of fused-ring (bicyclic) bond motifs is 1. The molecule has 3 N–H and O–H groups in total. The molecule has 4 aromatic rings. The van der Waals surface area contributed by atoms with E-state index in [1.54, 1.807) is 38.1 Å². The lowest BCUT2D eigenvalue weighted by atomic mass is 10.1. The van der Waals surface area contributed by atoms with Gasteiger partial charge in [-0.15, -0.1) is 0 Å². The van der Waals surface area contributed by atoms with Crippen LogP contribution in [0.3, 0.4) is 0 Å². The van der Waals surface area contributed by atoms with Gasteiger partial charge in [-0.1, -0.05) is 44.2 Å². The molecule has 1 aromatic heterocycles. The summed E-state index contributed by atoms with van der Waals surface area (Å²) in [4.78, 5) is 26.4. The number of aryl methyl sites for hydroxylation is 1. The number of aliphatic carboxylic acids is 1. The largest absolute Gasteiger partial charge is 0.480 e. The molecule has 1 heterocycles. The third-order valence-corrected chi connectivity index (χ3v) is 7.93. The van der Waals surface area contributed by atoms with Crippen LogP contribution < -0.4 is 14.9 Å². The Morgan fingerprint density at radius 1 is 0.923 bits per heavy atom. The van der Waals surface area contributed by atoms with Crippen LogP contribution >= 0.6 is 0 Å². The van der Waals surface area contributed by atoms with Gasteiger partial charge < -0.3 is 19.7 Å². The highest BCUT2D eigenvalue weighted by molar-refractivity contribution is 7.89. The van der Waals surface area contributed by atoms with Gasteiger partial charge in [0, 0.05) is 36.4 Å². The van der Waals surface area contributed by atoms with E-state index < -0.39 is 28.0 Å². The molecule has 9 nitrogen and oxygen atoms in total. The molecule has 0 spiro atoms. The first-order valence-corrected chi connectivity index (χ1v) is 13.8. The standard InChI is InChI=1S/C29H31N3O6S/c1-17(2)26(29(34)35)31-39(36,37)22-15-11-20(12-16-22)19-9-13-21(14-10-19)30-28(33)27-18(3)25-23(32(4)5)7-6-8-24(25)38-27/h6-17,26,31H,1-5H3,(H,30,33)(H,34,35)/t26-/m0/s1. The fourth-order valence-corrected chi connectivity index (χ4v) is 5.68.